The van der Waals surface area contributed by atoms with Crippen LogP contribution in [0.2, 0.25) is 0 Å². The highest BCUT2D eigenvalue weighted by Crippen LogP contribution is 2.40. The molecule has 0 aliphatic rings. The Kier molecular flexibility index (Phi) is 5.78. The molecule has 9 aromatic rings. The largest absolute Gasteiger partial charge is 0.456 e. The predicted molar refractivity (Wildman–Crippen MR) is 184 cm³/mol. The first-order valence-corrected chi connectivity index (χ1v) is 15.0. The normalized spacial score (nSPS) is 11.6. The molecule has 0 saturated carbocycles. The van der Waals surface area contributed by atoms with E-state index in [1.165, 1.54) is 16.2 Å². The molecular weight excluding hydrogens is 550 g/mol. The van der Waals surface area contributed by atoms with Gasteiger partial charge in [-0.15, -0.1) is 0 Å². The van der Waals surface area contributed by atoms with E-state index in [1.807, 2.05) is 48.5 Å². The van der Waals surface area contributed by atoms with E-state index < -0.39 is 0 Å². The van der Waals surface area contributed by atoms with Crippen molar-refractivity contribution in [3.05, 3.63) is 152 Å². The van der Waals surface area contributed by atoms with E-state index in [0.29, 0.717) is 17.5 Å². The van der Waals surface area contributed by atoms with Gasteiger partial charge in [-0.25, -0.2) is 15.0 Å². The van der Waals surface area contributed by atoms with Crippen LogP contribution in [0.5, 0.6) is 0 Å². The molecule has 45 heavy (non-hydrogen) atoms. The lowest BCUT2D eigenvalue weighted by molar-refractivity contribution is 0.669. The minimum Gasteiger partial charge on any atom is -0.456 e. The number of fused-ring (bicyclic) bond motifs is 5. The zero-order valence-corrected chi connectivity index (χ0v) is 24.2. The molecule has 0 amide bonds. The van der Waals surface area contributed by atoms with Gasteiger partial charge in [-0.2, -0.15) is 0 Å². The third kappa shape index (κ3) is 4.43. The van der Waals surface area contributed by atoms with Gasteiger partial charge in [0.15, 0.2) is 17.5 Å². The predicted octanol–water partition coefficient (Wildman–Crippen LogP) is 10.7. The average Bonchev–Trinajstić information content (AvgIpc) is 3.48. The maximum Gasteiger partial charge on any atom is 0.164 e. The summed E-state index contributed by atoms with van der Waals surface area (Å²) in [5.41, 5.74) is 6.55. The van der Waals surface area contributed by atoms with Crippen molar-refractivity contribution in [2.75, 3.05) is 0 Å². The fraction of sp³-hybridized carbons (Fsp3) is 0. The highest BCUT2D eigenvalue weighted by Gasteiger charge is 2.19. The third-order valence-corrected chi connectivity index (χ3v) is 8.49. The zero-order chi connectivity index (χ0) is 29.7. The van der Waals surface area contributed by atoms with Crippen LogP contribution in [0.3, 0.4) is 0 Å². The molecule has 0 atom stereocenters. The van der Waals surface area contributed by atoms with Crippen molar-refractivity contribution < 1.29 is 4.42 Å². The van der Waals surface area contributed by atoms with Crippen LogP contribution in [0.1, 0.15) is 0 Å². The number of furan rings is 1. The van der Waals surface area contributed by atoms with Gasteiger partial charge in [0, 0.05) is 27.5 Å². The molecule has 0 saturated heterocycles. The Morgan fingerprint density at radius 1 is 0.333 bits per heavy atom. The number of hydrogen-bond donors (Lipinski definition) is 0. The minimum absolute atomic E-state index is 0.613. The first-order valence-electron chi connectivity index (χ1n) is 15.0. The standard InChI is InChI=1S/C41H25N3O/c1-2-12-28(13-3-1)39-42-40(32-21-19-27-11-5-7-15-30(27)23-32)44-41(43-39)36-24-35-33-16-8-9-17-37(33)45-38(35)25-34(36)31-20-18-26-10-4-6-14-29(26)22-31/h1-25H. The fourth-order valence-electron chi connectivity index (χ4n) is 6.22. The molecule has 0 aliphatic carbocycles. The molecule has 9 rings (SSSR count). The maximum absolute atomic E-state index is 6.37. The van der Waals surface area contributed by atoms with Crippen LogP contribution in [0.25, 0.3) is 88.8 Å². The Bertz CT molecular complexity index is 2550. The van der Waals surface area contributed by atoms with Crippen molar-refractivity contribution in [1.29, 1.82) is 0 Å². The molecule has 0 fully saturated rings. The first-order chi connectivity index (χ1) is 22.3. The van der Waals surface area contributed by atoms with Crippen molar-refractivity contribution in [3.63, 3.8) is 0 Å². The summed E-state index contributed by atoms with van der Waals surface area (Å²) in [5.74, 6) is 1.87. The van der Waals surface area contributed by atoms with Crippen LogP contribution in [0.15, 0.2) is 156 Å². The van der Waals surface area contributed by atoms with E-state index >= 15 is 0 Å². The summed E-state index contributed by atoms with van der Waals surface area (Å²) >= 11 is 0. The lowest BCUT2D eigenvalue weighted by atomic mass is 9.95. The van der Waals surface area contributed by atoms with Gasteiger partial charge in [-0.05, 0) is 63.0 Å². The van der Waals surface area contributed by atoms with Crippen LogP contribution in [0.4, 0.5) is 0 Å². The molecule has 2 aromatic heterocycles. The minimum atomic E-state index is 0.613. The molecule has 4 heteroatoms. The summed E-state index contributed by atoms with van der Waals surface area (Å²) < 4.78 is 6.37. The van der Waals surface area contributed by atoms with Gasteiger partial charge in [-0.1, -0.05) is 121 Å². The second kappa shape index (κ2) is 10.2. The number of nitrogens with zero attached hydrogens (tertiary/aromatic N) is 3. The topological polar surface area (TPSA) is 51.8 Å². The first kappa shape index (κ1) is 25.4. The van der Waals surface area contributed by atoms with E-state index in [1.54, 1.807) is 0 Å². The molecule has 0 N–H and O–H groups in total. The molecule has 0 aliphatic heterocycles. The van der Waals surface area contributed by atoms with Gasteiger partial charge in [0.25, 0.3) is 0 Å². The highest BCUT2D eigenvalue weighted by molar-refractivity contribution is 6.09. The highest BCUT2D eigenvalue weighted by atomic mass is 16.3. The van der Waals surface area contributed by atoms with E-state index in [-0.39, 0.29) is 0 Å². The summed E-state index contributed by atoms with van der Waals surface area (Å²) in [7, 11) is 0. The number of rotatable bonds is 4. The van der Waals surface area contributed by atoms with Crippen LogP contribution in [0, 0.1) is 0 Å². The summed E-state index contributed by atoms with van der Waals surface area (Å²) in [4.78, 5) is 15.3. The second-order valence-electron chi connectivity index (χ2n) is 11.3. The van der Waals surface area contributed by atoms with Crippen molar-refractivity contribution in [3.8, 4) is 45.3 Å². The van der Waals surface area contributed by atoms with Gasteiger partial charge in [0.1, 0.15) is 11.2 Å². The zero-order valence-electron chi connectivity index (χ0n) is 24.2. The summed E-state index contributed by atoms with van der Waals surface area (Å²) in [6, 6.07) is 52.3. The Morgan fingerprint density at radius 3 is 1.67 bits per heavy atom. The van der Waals surface area contributed by atoms with E-state index in [0.717, 1.165) is 55.1 Å². The van der Waals surface area contributed by atoms with E-state index in [4.69, 9.17) is 19.4 Å². The smallest absolute Gasteiger partial charge is 0.164 e. The lowest BCUT2D eigenvalue weighted by Gasteiger charge is -2.13. The Labute approximate surface area is 259 Å². The van der Waals surface area contributed by atoms with Crippen LogP contribution in [-0.2, 0) is 0 Å². The van der Waals surface area contributed by atoms with Crippen LogP contribution in [-0.4, -0.2) is 15.0 Å². The molecule has 0 spiro atoms. The van der Waals surface area contributed by atoms with Crippen molar-refractivity contribution >= 4 is 43.5 Å². The molecule has 210 valence electrons. The SMILES string of the molecule is c1ccc(-c2nc(-c3ccc4ccccc4c3)nc(-c3cc4c(cc3-c3ccc5ccccc5c3)oc3ccccc34)n2)cc1. The maximum atomic E-state index is 6.37. The van der Waals surface area contributed by atoms with Gasteiger partial charge in [0.05, 0.1) is 0 Å². The van der Waals surface area contributed by atoms with E-state index in [9.17, 15) is 0 Å². The summed E-state index contributed by atoms with van der Waals surface area (Å²) in [6.45, 7) is 0. The summed E-state index contributed by atoms with van der Waals surface area (Å²) in [6.07, 6.45) is 0. The Hall–Kier alpha value is -6.13. The molecule has 0 unspecified atom stereocenters. The van der Waals surface area contributed by atoms with Crippen molar-refractivity contribution in [2.45, 2.75) is 0 Å². The summed E-state index contributed by atoms with van der Waals surface area (Å²) in [5, 5.41) is 6.77. The van der Waals surface area contributed by atoms with Gasteiger partial charge in [0.2, 0.25) is 0 Å². The quantitative estimate of drug-likeness (QED) is 0.209. The van der Waals surface area contributed by atoms with Crippen molar-refractivity contribution in [2.24, 2.45) is 0 Å². The fourth-order valence-corrected chi connectivity index (χ4v) is 6.22. The molecule has 0 radical (unpaired) electrons. The second-order valence-corrected chi connectivity index (χ2v) is 11.3. The van der Waals surface area contributed by atoms with Crippen molar-refractivity contribution in [1.82, 2.24) is 15.0 Å². The monoisotopic (exact) mass is 575 g/mol. The molecule has 4 nitrogen and oxygen atoms in total. The van der Waals surface area contributed by atoms with E-state index in [2.05, 4.69) is 103 Å². The molecule has 0 bridgehead atoms. The molecular formula is C41H25N3O. The van der Waals surface area contributed by atoms with Gasteiger partial charge >= 0.3 is 0 Å². The Balaban J connectivity index is 1.34. The number of benzene rings is 7. The van der Waals surface area contributed by atoms with Crippen LogP contribution < -0.4 is 0 Å². The lowest BCUT2D eigenvalue weighted by Crippen LogP contribution is -2.01. The van der Waals surface area contributed by atoms with Gasteiger partial charge in [-0.3, -0.25) is 0 Å². The average molecular weight is 576 g/mol. The van der Waals surface area contributed by atoms with Gasteiger partial charge < -0.3 is 4.42 Å². The third-order valence-electron chi connectivity index (χ3n) is 8.49. The van der Waals surface area contributed by atoms with Crippen LogP contribution >= 0.6 is 0 Å². The number of aromatic nitrogens is 3. The molecule has 7 aromatic carbocycles. The molecule has 2 heterocycles. The Morgan fingerprint density at radius 2 is 0.911 bits per heavy atom. The number of para-hydroxylation sites is 1. The number of hydrogen-bond acceptors (Lipinski definition) is 4.